The maximum atomic E-state index is 12.3. The predicted octanol–water partition coefficient (Wildman–Crippen LogP) is 7.69. The zero-order chi connectivity index (χ0) is 27.8. The Morgan fingerprint density at radius 1 is 1.00 bits per heavy atom. The minimum absolute atomic E-state index is 0.00316. The van der Waals surface area contributed by atoms with E-state index in [1.807, 2.05) is 54.1 Å². The van der Waals surface area contributed by atoms with E-state index in [9.17, 15) is 9.90 Å². The molecule has 0 bridgehead atoms. The van der Waals surface area contributed by atoms with Crippen LogP contribution in [0.3, 0.4) is 0 Å². The number of nitrogens with zero attached hydrogens (tertiary/aromatic N) is 1. The monoisotopic (exact) mass is 580 g/mol. The molecule has 6 N–H and O–H groups in total. The van der Waals surface area contributed by atoms with Crippen LogP contribution in [0.1, 0.15) is 42.3 Å². The summed E-state index contributed by atoms with van der Waals surface area (Å²) >= 11 is 3.55. The summed E-state index contributed by atoms with van der Waals surface area (Å²) in [5.74, 6) is -0.305. The number of aromatic nitrogens is 2. The van der Waals surface area contributed by atoms with Crippen LogP contribution in [0.2, 0.25) is 0 Å². The number of carbonyl (C=O) groups excluding carboxylic acids is 1. The highest BCUT2D eigenvalue weighted by Crippen LogP contribution is 2.42. The number of carbonyl (C=O) groups is 1. The molecule has 0 spiro atoms. The lowest BCUT2D eigenvalue weighted by atomic mass is 9.86. The Labute approximate surface area is 234 Å². The summed E-state index contributed by atoms with van der Waals surface area (Å²) in [5.41, 5.74) is 19.4. The predicted molar refractivity (Wildman–Crippen MR) is 164 cm³/mol. The van der Waals surface area contributed by atoms with Gasteiger partial charge in [0.2, 0.25) is 5.88 Å². The number of fused-ring (bicyclic) bond motifs is 4. The number of hydrogen-bond acceptors (Lipinski definition) is 3. The van der Waals surface area contributed by atoms with Crippen molar-refractivity contribution in [3.63, 3.8) is 0 Å². The first-order valence-electron chi connectivity index (χ1n) is 12.7. The molecule has 6 rings (SSSR count). The van der Waals surface area contributed by atoms with Crippen LogP contribution in [0.25, 0.3) is 49.4 Å². The van der Waals surface area contributed by atoms with Crippen molar-refractivity contribution in [2.45, 2.75) is 33.1 Å². The highest BCUT2D eigenvalue weighted by Gasteiger charge is 2.21. The number of primary amides is 1. The number of benzene rings is 4. The van der Waals surface area contributed by atoms with E-state index >= 15 is 0 Å². The fourth-order valence-electron chi connectivity index (χ4n) is 5.51. The maximum absolute atomic E-state index is 12.3. The molecule has 39 heavy (non-hydrogen) atoms. The number of halogens is 1. The van der Waals surface area contributed by atoms with E-state index in [0.29, 0.717) is 16.8 Å². The number of aromatic amines is 1. The number of nitrogen functional groups attached to an aromatic ring is 1. The third-order valence-corrected chi connectivity index (χ3v) is 8.33. The fourth-order valence-corrected chi connectivity index (χ4v) is 5.85. The summed E-state index contributed by atoms with van der Waals surface area (Å²) in [6.07, 6.45) is 1.99. The van der Waals surface area contributed by atoms with E-state index in [0.717, 1.165) is 53.9 Å². The topological polar surface area (TPSA) is 110 Å². The van der Waals surface area contributed by atoms with Crippen LogP contribution >= 0.6 is 15.9 Å². The summed E-state index contributed by atoms with van der Waals surface area (Å²) in [4.78, 5) is 15.7. The van der Waals surface area contributed by atoms with Gasteiger partial charge in [0.15, 0.2) is 0 Å². The average Bonchev–Trinajstić information content (AvgIpc) is 3.40. The lowest BCUT2D eigenvalue weighted by Crippen LogP contribution is -2.11. The number of H-pyrrole nitrogens is 1. The number of nitrogens with one attached hydrogen (secondary N) is 1. The highest BCUT2D eigenvalue weighted by atomic mass is 79.9. The van der Waals surface area contributed by atoms with Crippen LogP contribution < -0.4 is 11.5 Å². The van der Waals surface area contributed by atoms with Crippen molar-refractivity contribution in [1.82, 2.24) is 9.55 Å². The molecular formula is C32H29BrN4O2. The first-order chi connectivity index (χ1) is 18.5. The summed E-state index contributed by atoms with van der Waals surface area (Å²) in [5, 5.41) is 14.9. The summed E-state index contributed by atoms with van der Waals surface area (Å²) in [6.45, 7) is 8.59. The van der Waals surface area contributed by atoms with Gasteiger partial charge in [0, 0.05) is 43.4 Å². The first kappa shape index (κ1) is 25.1. The van der Waals surface area contributed by atoms with Gasteiger partial charge in [-0.1, -0.05) is 45.0 Å². The van der Waals surface area contributed by atoms with Gasteiger partial charge in [0.1, 0.15) is 0 Å². The highest BCUT2D eigenvalue weighted by molar-refractivity contribution is 9.10. The smallest absolute Gasteiger partial charge is 0.250 e. The molecular weight excluding hydrogens is 552 g/mol. The quantitative estimate of drug-likeness (QED) is 0.161. The van der Waals surface area contributed by atoms with E-state index in [2.05, 4.69) is 59.9 Å². The van der Waals surface area contributed by atoms with Gasteiger partial charge in [-0.2, -0.15) is 0 Å². The van der Waals surface area contributed by atoms with Gasteiger partial charge in [0.25, 0.3) is 5.91 Å². The second-order valence-electron chi connectivity index (χ2n) is 11.1. The van der Waals surface area contributed by atoms with Gasteiger partial charge >= 0.3 is 0 Å². The van der Waals surface area contributed by atoms with E-state index in [4.69, 9.17) is 11.5 Å². The Hall–Kier alpha value is -4.23. The van der Waals surface area contributed by atoms with Crippen LogP contribution in [0.4, 0.5) is 5.69 Å². The average molecular weight is 582 g/mol. The maximum Gasteiger partial charge on any atom is 0.250 e. The van der Waals surface area contributed by atoms with Crippen molar-refractivity contribution >= 4 is 60.1 Å². The van der Waals surface area contributed by atoms with E-state index in [-0.39, 0.29) is 11.3 Å². The van der Waals surface area contributed by atoms with E-state index in [1.54, 1.807) is 6.07 Å². The molecule has 2 heterocycles. The van der Waals surface area contributed by atoms with Crippen LogP contribution in [0.15, 0.2) is 71.3 Å². The zero-order valence-electron chi connectivity index (χ0n) is 22.2. The third-order valence-electron chi connectivity index (χ3n) is 7.65. The Kier molecular flexibility index (Phi) is 5.56. The summed E-state index contributed by atoms with van der Waals surface area (Å²) < 4.78 is 2.62. The van der Waals surface area contributed by atoms with Crippen molar-refractivity contribution in [3.8, 4) is 22.7 Å². The number of rotatable bonds is 3. The lowest BCUT2D eigenvalue weighted by molar-refractivity contribution is 0.100. The summed E-state index contributed by atoms with van der Waals surface area (Å²) in [7, 11) is 0. The van der Waals surface area contributed by atoms with Crippen molar-refractivity contribution in [1.29, 1.82) is 0 Å². The minimum atomic E-state index is -0.505. The minimum Gasteiger partial charge on any atom is -0.494 e. The van der Waals surface area contributed by atoms with E-state index < -0.39 is 5.91 Å². The molecule has 6 nitrogen and oxygen atoms in total. The molecule has 0 unspecified atom stereocenters. The molecule has 0 aliphatic heterocycles. The molecule has 1 amide bonds. The van der Waals surface area contributed by atoms with Crippen LogP contribution in [0, 0.1) is 6.92 Å². The molecule has 7 heteroatoms. The van der Waals surface area contributed by atoms with Crippen LogP contribution in [-0.4, -0.2) is 20.6 Å². The lowest BCUT2D eigenvalue weighted by Gasteiger charge is -2.18. The van der Waals surface area contributed by atoms with Gasteiger partial charge in [-0.3, -0.25) is 9.36 Å². The van der Waals surface area contributed by atoms with Gasteiger partial charge in [-0.05, 0) is 86.9 Å². The Morgan fingerprint density at radius 2 is 1.77 bits per heavy atom. The first-order valence-corrected chi connectivity index (χ1v) is 13.5. The van der Waals surface area contributed by atoms with Crippen molar-refractivity contribution in [2.75, 3.05) is 5.73 Å². The Bertz CT molecular complexity index is 1970. The molecule has 0 saturated heterocycles. The van der Waals surface area contributed by atoms with Gasteiger partial charge in [-0.15, -0.1) is 0 Å². The molecule has 0 aliphatic rings. The second kappa shape index (κ2) is 8.64. The van der Waals surface area contributed by atoms with E-state index in [1.165, 1.54) is 5.56 Å². The van der Waals surface area contributed by atoms with Gasteiger partial charge in [0.05, 0.1) is 16.8 Å². The number of aromatic hydroxyl groups is 1. The van der Waals surface area contributed by atoms with Crippen molar-refractivity contribution in [2.24, 2.45) is 5.73 Å². The molecule has 0 fully saturated rings. The number of hydrogen-bond donors (Lipinski definition) is 4. The fraction of sp³-hybridized carbons (Fsp3) is 0.156. The standard InChI is InChI=1S/C32H29BrN4O2/c1-16-19(6-5-7-27(16)37-15-17-12-18(32(2,3)4)8-9-20(17)31(37)39)21-10-11-22(30(35)38)29-28(21)23-13-24(33)25(34)14-26(23)36-29/h5-15,36,39H,34H2,1-4H3,(H2,35,38). The van der Waals surface area contributed by atoms with Crippen molar-refractivity contribution in [3.05, 3.63) is 88.0 Å². The molecule has 196 valence electrons. The van der Waals surface area contributed by atoms with Crippen LogP contribution in [-0.2, 0) is 5.41 Å². The second-order valence-corrected chi connectivity index (χ2v) is 12.0. The number of amides is 1. The summed E-state index contributed by atoms with van der Waals surface area (Å²) in [6, 6.07) is 19.8. The molecule has 4 aromatic carbocycles. The molecule has 0 saturated carbocycles. The zero-order valence-corrected chi connectivity index (χ0v) is 23.8. The molecule has 0 radical (unpaired) electrons. The Balaban J connectivity index is 1.61. The Morgan fingerprint density at radius 3 is 2.49 bits per heavy atom. The van der Waals surface area contributed by atoms with Crippen LogP contribution in [0.5, 0.6) is 5.88 Å². The third kappa shape index (κ3) is 3.88. The molecule has 2 aromatic heterocycles. The largest absolute Gasteiger partial charge is 0.494 e. The number of nitrogens with two attached hydrogens (primary N) is 2. The molecule has 0 aliphatic carbocycles. The normalized spacial score (nSPS) is 12.1. The van der Waals surface area contributed by atoms with Gasteiger partial charge < -0.3 is 21.6 Å². The van der Waals surface area contributed by atoms with Crippen molar-refractivity contribution < 1.29 is 9.90 Å². The molecule has 6 aromatic rings. The number of anilines is 1. The SMILES string of the molecule is Cc1c(-c2ccc(C(N)=O)c3[nH]c4cc(N)c(Br)cc4c23)cccc1-n1cc2cc(C(C)(C)C)ccc2c1O. The van der Waals surface area contributed by atoms with Gasteiger partial charge in [-0.25, -0.2) is 0 Å². The molecule has 0 atom stereocenters.